The van der Waals surface area contributed by atoms with Crippen LogP contribution in [0.15, 0.2) is 55.2 Å². The quantitative estimate of drug-likeness (QED) is 0.720. The largest absolute Gasteiger partial charge is 0.355 e. The summed E-state index contributed by atoms with van der Waals surface area (Å²) < 4.78 is 15.2. The summed E-state index contributed by atoms with van der Waals surface area (Å²) in [4.78, 5) is 28.0. The monoisotopic (exact) mass is 394 g/mol. The van der Waals surface area contributed by atoms with Gasteiger partial charge in [0.1, 0.15) is 23.5 Å². The van der Waals surface area contributed by atoms with Gasteiger partial charge in [-0.25, -0.2) is 14.4 Å². The van der Waals surface area contributed by atoms with Gasteiger partial charge in [0.05, 0.1) is 6.20 Å². The van der Waals surface area contributed by atoms with E-state index >= 15 is 0 Å². The van der Waals surface area contributed by atoms with E-state index in [2.05, 4.69) is 25.2 Å². The zero-order valence-electron chi connectivity index (χ0n) is 16.2. The van der Waals surface area contributed by atoms with Gasteiger partial charge in [0, 0.05) is 50.8 Å². The van der Waals surface area contributed by atoms with Gasteiger partial charge in [0.2, 0.25) is 5.91 Å². The summed E-state index contributed by atoms with van der Waals surface area (Å²) in [7, 11) is 1.88. The minimum Gasteiger partial charge on any atom is -0.355 e. The lowest BCUT2D eigenvalue weighted by Gasteiger charge is -2.32. The Labute approximate surface area is 168 Å². The second-order valence-corrected chi connectivity index (χ2v) is 7.21. The Morgan fingerprint density at radius 1 is 1.14 bits per heavy atom. The van der Waals surface area contributed by atoms with Crippen molar-refractivity contribution < 1.29 is 9.18 Å². The predicted octanol–water partition coefficient (Wildman–Crippen LogP) is 2.47. The van der Waals surface area contributed by atoms with Gasteiger partial charge < -0.3 is 14.8 Å². The van der Waals surface area contributed by atoms with Crippen LogP contribution in [0.3, 0.4) is 0 Å². The van der Waals surface area contributed by atoms with Gasteiger partial charge in [-0.05, 0) is 30.5 Å². The van der Waals surface area contributed by atoms with Gasteiger partial charge in [-0.15, -0.1) is 0 Å². The third-order valence-corrected chi connectivity index (χ3v) is 5.35. The van der Waals surface area contributed by atoms with Crippen molar-refractivity contribution in [3.63, 3.8) is 0 Å². The number of rotatable bonds is 5. The van der Waals surface area contributed by atoms with Crippen molar-refractivity contribution in [2.75, 3.05) is 18.0 Å². The molecule has 8 heteroatoms. The van der Waals surface area contributed by atoms with Gasteiger partial charge >= 0.3 is 0 Å². The van der Waals surface area contributed by atoms with Crippen LogP contribution in [0.25, 0.3) is 0 Å². The van der Waals surface area contributed by atoms with E-state index in [9.17, 15) is 9.18 Å². The molecule has 7 nitrogen and oxygen atoms in total. The van der Waals surface area contributed by atoms with Crippen LogP contribution in [0.1, 0.15) is 30.3 Å². The van der Waals surface area contributed by atoms with Crippen molar-refractivity contribution in [1.29, 1.82) is 0 Å². The van der Waals surface area contributed by atoms with Crippen molar-refractivity contribution in [2.45, 2.75) is 18.9 Å². The highest BCUT2D eigenvalue weighted by molar-refractivity contribution is 5.79. The second-order valence-electron chi connectivity index (χ2n) is 7.21. The molecule has 1 atom stereocenters. The van der Waals surface area contributed by atoms with Gasteiger partial charge in [0.25, 0.3) is 0 Å². The van der Waals surface area contributed by atoms with E-state index in [1.165, 1.54) is 12.1 Å². The maximum atomic E-state index is 13.4. The summed E-state index contributed by atoms with van der Waals surface area (Å²) in [6.45, 7) is 1.50. The summed E-state index contributed by atoms with van der Waals surface area (Å²) in [6, 6.07) is 5.74. The molecular formula is C21H23FN6O. The number of aromatic nitrogens is 4. The van der Waals surface area contributed by atoms with Crippen molar-refractivity contribution in [3.8, 4) is 0 Å². The van der Waals surface area contributed by atoms with Crippen LogP contribution in [0, 0.1) is 11.7 Å². The van der Waals surface area contributed by atoms with E-state index < -0.39 is 6.04 Å². The minimum atomic E-state index is -0.430. The molecule has 3 aromatic rings. The van der Waals surface area contributed by atoms with Crippen LogP contribution in [-0.4, -0.2) is 38.5 Å². The Hall–Kier alpha value is -3.29. The lowest BCUT2D eigenvalue weighted by Crippen LogP contribution is -2.42. The van der Waals surface area contributed by atoms with Crippen molar-refractivity contribution in [3.05, 3.63) is 72.5 Å². The van der Waals surface area contributed by atoms with Crippen molar-refractivity contribution in [2.24, 2.45) is 13.0 Å². The van der Waals surface area contributed by atoms with E-state index in [0.29, 0.717) is 5.82 Å². The molecule has 2 aromatic heterocycles. The lowest BCUT2D eigenvalue weighted by molar-refractivity contribution is -0.126. The molecule has 0 radical (unpaired) electrons. The SMILES string of the molecule is Cn1ccnc1C(NC(=O)C1CCN(c2cnccn2)CC1)c1ccc(F)cc1. The summed E-state index contributed by atoms with van der Waals surface area (Å²) in [5.74, 6) is 1.13. The van der Waals surface area contributed by atoms with E-state index in [4.69, 9.17) is 0 Å². The minimum absolute atomic E-state index is 0.0129. The smallest absolute Gasteiger partial charge is 0.224 e. The number of halogens is 1. The van der Waals surface area contributed by atoms with E-state index in [1.807, 2.05) is 17.8 Å². The fraction of sp³-hybridized carbons (Fsp3) is 0.333. The standard InChI is InChI=1S/C21H23FN6O/c1-27-13-10-25-20(27)19(15-2-4-17(22)5-3-15)26-21(29)16-6-11-28(12-7-16)18-14-23-8-9-24-18/h2-5,8-10,13-14,16,19H,6-7,11-12H2,1H3,(H,26,29). The zero-order valence-corrected chi connectivity index (χ0v) is 16.2. The molecule has 1 amide bonds. The number of hydrogen-bond donors (Lipinski definition) is 1. The fourth-order valence-corrected chi connectivity index (χ4v) is 3.69. The zero-order chi connectivity index (χ0) is 20.2. The highest BCUT2D eigenvalue weighted by atomic mass is 19.1. The number of imidazole rings is 1. The number of nitrogens with zero attached hydrogens (tertiary/aromatic N) is 5. The van der Waals surface area contributed by atoms with Gasteiger partial charge in [-0.1, -0.05) is 12.1 Å². The lowest BCUT2D eigenvalue weighted by atomic mass is 9.95. The van der Waals surface area contributed by atoms with Crippen LogP contribution in [0.2, 0.25) is 0 Å². The molecule has 4 rings (SSSR count). The van der Waals surface area contributed by atoms with Crippen LogP contribution in [0.5, 0.6) is 0 Å². The predicted molar refractivity (Wildman–Crippen MR) is 107 cm³/mol. The normalized spacial score (nSPS) is 15.9. The van der Waals surface area contributed by atoms with E-state index in [1.54, 1.807) is 36.9 Å². The fourth-order valence-electron chi connectivity index (χ4n) is 3.69. The first-order valence-electron chi connectivity index (χ1n) is 9.66. The number of benzene rings is 1. The van der Waals surface area contributed by atoms with Crippen LogP contribution < -0.4 is 10.2 Å². The number of hydrogen-bond acceptors (Lipinski definition) is 5. The summed E-state index contributed by atoms with van der Waals surface area (Å²) in [5.41, 5.74) is 0.797. The van der Waals surface area contributed by atoms with Crippen LogP contribution >= 0.6 is 0 Å². The third kappa shape index (κ3) is 4.26. The number of anilines is 1. The molecule has 1 saturated heterocycles. The number of amides is 1. The van der Waals surface area contributed by atoms with Crippen LogP contribution in [0.4, 0.5) is 10.2 Å². The second kappa shape index (κ2) is 8.38. The van der Waals surface area contributed by atoms with E-state index in [-0.39, 0.29) is 17.6 Å². The van der Waals surface area contributed by atoms with Crippen molar-refractivity contribution in [1.82, 2.24) is 24.8 Å². The maximum Gasteiger partial charge on any atom is 0.224 e. The topological polar surface area (TPSA) is 75.9 Å². The maximum absolute atomic E-state index is 13.4. The van der Waals surface area contributed by atoms with Crippen LogP contribution in [-0.2, 0) is 11.8 Å². The molecule has 29 heavy (non-hydrogen) atoms. The van der Waals surface area contributed by atoms with Crippen molar-refractivity contribution >= 4 is 11.7 Å². The number of aryl methyl sites for hydroxylation is 1. The molecule has 150 valence electrons. The molecule has 1 aliphatic rings. The Kier molecular flexibility index (Phi) is 5.50. The Morgan fingerprint density at radius 2 is 1.90 bits per heavy atom. The first kappa shape index (κ1) is 19.0. The molecule has 3 heterocycles. The Balaban J connectivity index is 1.46. The molecule has 1 unspecified atom stereocenters. The Morgan fingerprint density at radius 3 is 2.52 bits per heavy atom. The van der Waals surface area contributed by atoms with Gasteiger partial charge in [-0.2, -0.15) is 0 Å². The van der Waals surface area contributed by atoms with E-state index in [0.717, 1.165) is 37.3 Å². The first-order chi connectivity index (χ1) is 14.1. The highest BCUT2D eigenvalue weighted by Gasteiger charge is 2.29. The molecule has 1 aliphatic heterocycles. The summed E-state index contributed by atoms with van der Waals surface area (Å²) in [5, 5.41) is 3.13. The van der Waals surface area contributed by atoms with Gasteiger partial charge in [0.15, 0.2) is 0 Å². The molecule has 0 saturated carbocycles. The first-order valence-corrected chi connectivity index (χ1v) is 9.66. The molecule has 0 bridgehead atoms. The summed E-state index contributed by atoms with van der Waals surface area (Å²) in [6.07, 6.45) is 10.1. The molecular weight excluding hydrogens is 371 g/mol. The average Bonchev–Trinajstić information content (AvgIpc) is 3.19. The number of carbonyl (C=O) groups excluding carboxylic acids is 1. The number of nitrogens with one attached hydrogen (secondary N) is 1. The molecule has 1 fully saturated rings. The molecule has 0 spiro atoms. The third-order valence-electron chi connectivity index (χ3n) is 5.35. The Bertz CT molecular complexity index is 951. The average molecular weight is 394 g/mol. The molecule has 1 aromatic carbocycles. The highest BCUT2D eigenvalue weighted by Crippen LogP contribution is 2.25. The number of piperidine rings is 1. The number of carbonyl (C=O) groups is 1. The summed E-state index contributed by atoms with van der Waals surface area (Å²) >= 11 is 0. The van der Waals surface area contributed by atoms with Gasteiger partial charge in [-0.3, -0.25) is 9.78 Å². The molecule has 1 N–H and O–H groups in total. The molecule has 0 aliphatic carbocycles.